The van der Waals surface area contributed by atoms with Gasteiger partial charge < -0.3 is 29.9 Å². The molecule has 0 saturated carbocycles. The van der Waals surface area contributed by atoms with E-state index < -0.39 is 90.0 Å². The van der Waals surface area contributed by atoms with E-state index in [1.165, 1.54) is 23.9 Å². The van der Waals surface area contributed by atoms with Gasteiger partial charge in [0.15, 0.2) is 6.10 Å². The second kappa shape index (κ2) is 18.0. The molecule has 0 spiro atoms. The maximum atomic E-state index is 14.0. The molecule has 12 heteroatoms. The number of carbonyl (C=O) groups is 6. The summed E-state index contributed by atoms with van der Waals surface area (Å²) < 4.78 is 11.1. The molecule has 1 fully saturated rings. The van der Waals surface area contributed by atoms with Crippen molar-refractivity contribution >= 4 is 35.4 Å². The Morgan fingerprint density at radius 3 is 1.98 bits per heavy atom. The molecule has 0 radical (unpaired) electrons. The summed E-state index contributed by atoms with van der Waals surface area (Å²) in [5, 5.41) is 5.55. The number of hydrogen-bond acceptors (Lipinski definition) is 8. The van der Waals surface area contributed by atoms with E-state index >= 15 is 0 Å². The quantitative estimate of drug-likeness (QED) is 0.316. The number of carbonyl (C=O) groups excluding carboxylic acids is 6. The highest BCUT2D eigenvalue weighted by molar-refractivity contribution is 6.04. The molecule has 48 heavy (non-hydrogen) atoms. The molecule has 2 rings (SSSR count). The molecule has 1 heterocycles. The van der Waals surface area contributed by atoms with Gasteiger partial charge in [-0.2, -0.15) is 0 Å². The normalized spacial score (nSPS) is 26.0. The van der Waals surface area contributed by atoms with Gasteiger partial charge >= 0.3 is 5.97 Å². The van der Waals surface area contributed by atoms with Gasteiger partial charge in [-0.25, -0.2) is 4.79 Å². The number of Topliss-reactive ketones (excluding diaryl/α,β-unsaturated/α-hetero) is 1. The Labute approximate surface area is 285 Å². The molecule has 1 saturated heterocycles. The van der Waals surface area contributed by atoms with Crippen LogP contribution in [0.3, 0.4) is 0 Å². The SMILES string of the molecule is CCC[C@H]1NC(=O)CNC(=O)[C@@H](Cc2ccc(OC)cc2)N(C)C(=O)[C@H](C(C)C)OC(=O)[C@H](C(C)C)N(C)C(=O)[C@@H](C(C)C)C(=O)[C@@H]1C. The van der Waals surface area contributed by atoms with Crippen molar-refractivity contribution in [3.8, 4) is 5.75 Å². The van der Waals surface area contributed by atoms with Gasteiger partial charge in [-0.15, -0.1) is 0 Å². The van der Waals surface area contributed by atoms with E-state index in [-0.39, 0.29) is 12.2 Å². The zero-order valence-electron chi connectivity index (χ0n) is 30.5. The van der Waals surface area contributed by atoms with Crippen molar-refractivity contribution in [2.24, 2.45) is 29.6 Å². The van der Waals surface area contributed by atoms with Crippen LogP contribution in [0.2, 0.25) is 0 Å². The number of ether oxygens (including phenoxy) is 2. The topological polar surface area (TPSA) is 151 Å². The van der Waals surface area contributed by atoms with E-state index in [4.69, 9.17) is 9.47 Å². The van der Waals surface area contributed by atoms with Crippen LogP contribution >= 0.6 is 0 Å². The molecular weight excluding hydrogens is 616 g/mol. The molecule has 6 atom stereocenters. The number of methoxy groups -OCH3 is 1. The number of hydrogen-bond donors (Lipinski definition) is 2. The number of likely N-dealkylation sites (N-methyl/N-ethyl adjacent to an activating group) is 2. The molecule has 2 N–H and O–H groups in total. The Bertz CT molecular complexity index is 1300. The first kappa shape index (κ1) is 40.2. The molecule has 268 valence electrons. The van der Waals surface area contributed by atoms with Gasteiger partial charge in [-0.1, -0.05) is 73.9 Å². The first-order valence-corrected chi connectivity index (χ1v) is 16.9. The average molecular weight is 673 g/mol. The molecule has 1 aliphatic heterocycles. The number of benzene rings is 1. The van der Waals surface area contributed by atoms with Crippen LogP contribution in [0.25, 0.3) is 0 Å². The van der Waals surface area contributed by atoms with E-state index in [9.17, 15) is 28.8 Å². The first-order chi connectivity index (χ1) is 22.5. The van der Waals surface area contributed by atoms with Crippen LogP contribution in [-0.4, -0.2) is 97.2 Å². The summed E-state index contributed by atoms with van der Waals surface area (Å²) in [4.78, 5) is 85.3. The Hall–Kier alpha value is -3.96. The summed E-state index contributed by atoms with van der Waals surface area (Å²) in [5.74, 6) is -5.84. The highest BCUT2D eigenvalue weighted by atomic mass is 16.6. The first-order valence-electron chi connectivity index (χ1n) is 16.9. The van der Waals surface area contributed by atoms with Crippen molar-refractivity contribution in [2.75, 3.05) is 27.7 Å². The summed E-state index contributed by atoms with van der Waals surface area (Å²) in [5.41, 5.74) is 0.732. The minimum atomic E-state index is -1.28. The largest absolute Gasteiger partial charge is 0.497 e. The van der Waals surface area contributed by atoms with Gasteiger partial charge in [0.1, 0.15) is 23.6 Å². The van der Waals surface area contributed by atoms with E-state index in [1.807, 2.05) is 6.92 Å². The molecule has 1 aromatic rings. The lowest BCUT2D eigenvalue weighted by atomic mass is 9.80. The fourth-order valence-electron chi connectivity index (χ4n) is 6.16. The highest BCUT2D eigenvalue weighted by Gasteiger charge is 2.43. The van der Waals surface area contributed by atoms with E-state index in [0.717, 1.165) is 5.56 Å². The average Bonchev–Trinajstić information content (AvgIpc) is 3.03. The summed E-state index contributed by atoms with van der Waals surface area (Å²) in [6.45, 7) is 13.7. The number of rotatable bonds is 8. The monoisotopic (exact) mass is 672 g/mol. The fourth-order valence-corrected chi connectivity index (χ4v) is 6.16. The lowest BCUT2D eigenvalue weighted by molar-refractivity contribution is -0.172. The molecule has 1 aliphatic rings. The zero-order chi connectivity index (χ0) is 36.5. The van der Waals surface area contributed by atoms with Crippen molar-refractivity contribution in [3.05, 3.63) is 29.8 Å². The smallest absolute Gasteiger partial charge is 0.329 e. The number of amides is 4. The van der Waals surface area contributed by atoms with Gasteiger partial charge in [-0.05, 0) is 41.9 Å². The Balaban J connectivity index is 2.66. The third kappa shape index (κ3) is 10.0. The standard InChI is InChI=1S/C36H56N4O8/c1-12-13-26-23(8)31(42)29(20(2)3)34(44)40(10)30(21(4)5)36(46)48-32(22(6)7)35(45)39(9)27(33(43)37-19-28(41)38-26)18-24-14-16-25(47-11)17-15-24/h14-17,20-23,26-27,29-30,32H,12-13,18-19H2,1-11H3,(H,37,43)(H,38,41)/t23-,26-,27-,29+,30+,32+/m1/s1. The number of nitrogens with zero attached hydrogens (tertiary/aromatic N) is 2. The van der Waals surface area contributed by atoms with Gasteiger partial charge in [0.05, 0.1) is 19.6 Å². The fraction of sp³-hybridized carbons (Fsp3) is 0.667. The zero-order valence-corrected chi connectivity index (χ0v) is 30.5. The van der Waals surface area contributed by atoms with Crippen LogP contribution in [-0.2, 0) is 39.9 Å². The predicted molar refractivity (Wildman–Crippen MR) is 182 cm³/mol. The van der Waals surface area contributed by atoms with Crippen molar-refractivity contribution < 1.29 is 38.2 Å². The summed E-state index contributed by atoms with van der Waals surface area (Å²) in [6, 6.07) is 4.29. The Morgan fingerprint density at radius 1 is 0.875 bits per heavy atom. The van der Waals surface area contributed by atoms with Crippen LogP contribution in [0.15, 0.2) is 24.3 Å². The van der Waals surface area contributed by atoms with Gasteiger partial charge in [0, 0.05) is 32.5 Å². The van der Waals surface area contributed by atoms with Crippen molar-refractivity contribution in [1.29, 1.82) is 0 Å². The Kier molecular flexibility index (Phi) is 15.1. The molecule has 12 nitrogen and oxygen atoms in total. The molecule has 4 amide bonds. The third-order valence-corrected chi connectivity index (χ3v) is 9.10. The van der Waals surface area contributed by atoms with Crippen LogP contribution in [0.4, 0.5) is 0 Å². The van der Waals surface area contributed by atoms with Crippen molar-refractivity contribution in [2.45, 2.75) is 98.9 Å². The Morgan fingerprint density at radius 2 is 1.48 bits per heavy atom. The van der Waals surface area contributed by atoms with E-state index in [1.54, 1.807) is 79.8 Å². The molecule has 1 aromatic carbocycles. The number of ketones is 1. The van der Waals surface area contributed by atoms with Crippen LogP contribution in [0.1, 0.15) is 73.8 Å². The van der Waals surface area contributed by atoms with E-state index in [2.05, 4.69) is 10.6 Å². The second-order valence-corrected chi connectivity index (χ2v) is 13.8. The second-order valence-electron chi connectivity index (χ2n) is 13.8. The lowest BCUT2D eigenvalue weighted by Crippen LogP contribution is -2.57. The maximum Gasteiger partial charge on any atom is 0.329 e. The van der Waals surface area contributed by atoms with Crippen LogP contribution in [0.5, 0.6) is 5.75 Å². The minimum Gasteiger partial charge on any atom is -0.497 e. The molecule has 0 aliphatic carbocycles. The van der Waals surface area contributed by atoms with E-state index in [0.29, 0.717) is 18.6 Å². The summed E-state index contributed by atoms with van der Waals surface area (Å²) >= 11 is 0. The van der Waals surface area contributed by atoms with Gasteiger partial charge in [0.2, 0.25) is 17.7 Å². The third-order valence-electron chi connectivity index (χ3n) is 9.10. The van der Waals surface area contributed by atoms with Crippen LogP contribution < -0.4 is 15.4 Å². The summed E-state index contributed by atoms with van der Waals surface area (Å²) in [7, 11) is 4.48. The molecule has 0 bridgehead atoms. The molecule has 0 unspecified atom stereocenters. The highest BCUT2D eigenvalue weighted by Crippen LogP contribution is 2.26. The summed E-state index contributed by atoms with van der Waals surface area (Å²) in [6.07, 6.45) is -0.0520. The van der Waals surface area contributed by atoms with Crippen molar-refractivity contribution in [3.63, 3.8) is 0 Å². The van der Waals surface area contributed by atoms with Gasteiger partial charge in [-0.3, -0.25) is 24.0 Å². The minimum absolute atomic E-state index is 0.102. The number of nitrogens with one attached hydrogen (secondary N) is 2. The molecular formula is C36H56N4O8. The van der Waals surface area contributed by atoms with Crippen molar-refractivity contribution in [1.82, 2.24) is 20.4 Å². The van der Waals surface area contributed by atoms with Gasteiger partial charge in [0.25, 0.3) is 5.91 Å². The maximum absolute atomic E-state index is 14.0. The lowest BCUT2D eigenvalue weighted by Gasteiger charge is -2.36. The predicted octanol–water partition coefficient (Wildman–Crippen LogP) is 3.01. The number of esters is 1. The van der Waals surface area contributed by atoms with Crippen LogP contribution in [0, 0.1) is 29.6 Å². The number of cyclic esters (lactones) is 1. The molecule has 0 aromatic heterocycles.